The number of nitrogens with one attached hydrogen (secondary N) is 1. The Morgan fingerprint density at radius 3 is 2.89 bits per heavy atom. The van der Waals surface area contributed by atoms with Crippen LogP contribution in [0.5, 0.6) is 0 Å². The first kappa shape index (κ1) is 15.2. The monoisotopic (exact) mass is 268 g/mol. The van der Waals surface area contributed by atoms with Crippen molar-refractivity contribution in [3.8, 4) is 0 Å². The Bertz CT molecular complexity index is 401. The Hall–Kier alpha value is -1.82. The summed E-state index contributed by atoms with van der Waals surface area (Å²) in [5.41, 5.74) is 0. The fourth-order valence-electron chi connectivity index (χ4n) is 1.19. The lowest BCUT2D eigenvalue weighted by Gasteiger charge is -2.11. The van der Waals surface area contributed by atoms with Crippen LogP contribution in [-0.2, 0) is 9.47 Å². The van der Waals surface area contributed by atoms with E-state index < -0.39 is 0 Å². The molecule has 0 aliphatic heterocycles. The Labute approximate surface area is 112 Å². The molecular formula is C13H20N2O4. The van der Waals surface area contributed by atoms with Crippen molar-refractivity contribution in [2.75, 3.05) is 20.3 Å². The summed E-state index contributed by atoms with van der Waals surface area (Å²) >= 11 is 0. The predicted octanol–water partition coefficient (Wildman–Crippen LogP) is 1.83. The van der Waals surface area contributed by atoms with Gasteiger partial charge in [0, 0.05) is 7.11 Å². The number of hydrogen-bond donors (Lipinski definition) is 1. The van der Waals surface area contributed by atoms with Crippen LogP contribution in [-0.4, -0.2) is 38.3 Å². The molecule has 0 saturated heterocycles. The average Bonchev–Trinajstić information content (AvgIpc) is 2.92. The summed E-state index contributed by atoms with van der Waals surface area (Å²) in [6.07, 6.45) is 2.29. The lowest BCUT2D eigenvalue weighted by molar-refractivity contribution is 0.0927. The Balaban J connectivity index is 2.62. The van der Waals surface area contributed by atoms with Crippen molar-refractivity contribution >= 4 is 11.9 Å². The Morgan fingerprint density at radius 2 is 2.32 bits per heavy atom. The summed E-state index contributed by atoms with van der Waals surface area (Å²) in [6, 6.07) is 3.47. The van der Waals surface area contributed by atoms with Gasteiger partial charge in [0.2, 0.25) is 0 Å². The minimum absolute atomic E-state index is 0.0643. The summed E-state index contributed by atoms with van der Waals surface area (Å²) in [4.78, 5) is 16.1. The number of aliphatic imine (C=N–C) groups is 1. The highest BCUT2D eigenvalue weighted by molar-refractivity contribution is 6.02. The predicted molar refractivity (Wildman–Crippen MR) is 71.2 cm³/mol. The van der Waals surface area contributed by atoms with Crippen LogP contribution in [0.4, 0.5) is 0 Å². The zero-order valence-electron chi connectivity index (χ0n) is 11.5. The summed E-state index contributed by atoms with van der Waals surface area (Å²) in [5, 5.41) is 2.58. The third-order valence-electron chi connectivity index (χ3n) is 2.42. The van der Waals surface area contributed by atoms with Crippen LogP contribution in [0.2, 0.25) is 0 Å². The van der Waals surface area contributed by atoms with Crippen LogP contribution in [0, 0.1) is 0 Å². The molecule has 0 spiro atoms. The van der Waals surface area contributed by atoms with Crippen molar-refractivity contribution in [3.05, 3.63) is 24.2 Å². The quantitative estimate of drug-likeness (QED) is 0.485. The molecule has 1 amide bonds. The fraction of sp³-hybridized carbons (Fsp3) is 0.538. The lowest BCUT2D eigenvalue weighted by Crippen LogP contribution is -2.34. The highest BCUT2D eigenvalue weighted by Gasteiger charge is 2.13. The number of hydrogen-bond acceptors (Lipinski definition) is 5. The number of methoxy groups -OCH3 is 1. The van der Waals surface area contributed by atoms with Gasteiger partial charge in [-0.2, -0.15) is 0 Å². The number of carbonyl (C=O) groups excluding carboxylic acids is 1. The molecule has 1 heterocycles. The molecule has 6 heteroatoms. The third-order valence-corrected chi connectivity index (χ3v) is 2.42. The number of amidine groups is 1. The van der Waals surface area contributed by atoms with E-state index in [2.05, 4.69) is 10.3 Å². The van der Waals surface area contributed by atoms with E-state index >= 15 is 0 Å². The molecule has 19 heavy (non-hydrogen) atoms. The van der Waals surface area contributed by atoms with E-state index in [9.17, 15) is 4.79 Å². The first-order valence-electron chi connectivity index (χ1n) is 6.21. The van der Waals surface area contributed by atoms with E-state index in [0.717, 1.165) is 6.42 Å². The van der Waals surface area contributed by atoms with Crippen molar-refractivity contribution in [2.24, 2.45) is 4.99 Å². The third kappa shape index (κ3) is 5.56. The van der Waals surface area contributed by atoms with Gasteiger partial charge < -0.3 is 13.9 Å². The fourth-order valence-corrected chi connectivity index (χ4v) is 1.19. The van der Waals surface area contributed by atoms with E-state index in [0.29, 0.717) is 13.2 Å². The maximum absolute atomic E-state index is 11.8. The van der Waals surface area contributed by atoms with Gasteiger partial charge in [0.25, 0.3) is 11.9 Å². The highest BCUT2D eigenvalue weighted by Crippen LogP contribution is 2.01. The molecule has 1 aromatic rings. The number of ether oxygens (including phenoxy) is 2. The second-order valence-electron chi connectivity index (χ2n) is 3.96. The van der Waals surface area contributed by atoms with Gasteiger partial charge in [-0.15, -0.1) is 0 Å². The second-order valence-corrected chi connectivity index (χ2v) is 3.96. The summed E-state index contributed by atoms with van der Waals surface area (Å²) in [7, 11) is 1.58. The highest BCUT2D eigenvalue weighted by atomic mass is 16.5. The maximum atomic E-state index is 11.8. The van der Waals surface area contributed by atoms with Crippen molar-refractivity contribution in [2.45, 2.75) is 26.3 Å². The van der Waals surface area contributed by atoms with Crippen LogP contribution in [0.25, 0.3) is 0 Å². The van der Waals surface area contributed by atoms with Crippen molar-refractivity contribution in [3.63, 3.8) is 0 Å². The van der Waals surface area contributed by atoms with E-state index in [1.165, 1.54) is 6.26 Å². The minimum Gasteiger partial charge on any atom is -0.463 e. The Kier molecular flexibility index (Phi) is 6.67. The van der Waals surface area contributed by atoms with Gasteiger partial charge in [-0.3, -0.25) is 10.1 Å². The second kappa shape index (κ2) is 8.31. The zero-order chi connectivity index (χ0) is 14.1. The van der Waals surface area contributed by atoms with Gasteiger partial charge in [-0.05, 0) is 25.5 Å². The largest absolute Gasteiger partial charge is 0.463 e. The van der Waals surface area contributed by atoms with Gasteiger partial charge in [-0.1, -0.05) is 6.92 Å². The van der Waals surface area contributed by atoms with Crippen LogP contribution in [0.3, 0.4) is 0 Å². The number of amides is 1. The number of nitrogens with zero attached hydrogens (tertiary/aromatic N) is 1. The Morgan fingerprint density at radius 1 is 1.53 bits per heavy atom. The van der Waals surface area contributed by atoms with E-state index in [1.54, 1.807) is 19.2 Å². The first-order valence-corrected chi connectivity index (χ1v) is 6.21. The average molecular weight is 268 g/mol. The van der Waals surface area contributed by atoms with Crippen molar-refractivity contribution in [1.29, 1.82) is 0 Å². The molecule has 1 rings (SSSR count). The van der Waals surface area contributed by atoms with E-state index in [4.69, 9.17) is 13.9 Å². The van der Waals surface area contributed by atoms with Crippen LogP contribution in [0.15, 0.2) is 27.8 Å². The van der Waals surface area contributed by atoms with E-state index in [1.807, 2.05) is 13.8 Å². The summed E-state index contributed by atoms with van der Waals surface area (Å²) in [5.74, 6) is -0.170. The van der Waals surface area contributed by atoms with Crippen LogP contribution >= 0.6 is 0 Å². The van der Waals surface area contributed by atoms with Gasteiger partial charge >= 0.3 is 0 Å². The SMILES string of the molecule is CC[C@@H](C)N=C(NC(=O)c1ccco1)OCCOC. The molecule has 0 fully saturated rings. The van der Waals surface area contributed by atoms with Crippen LogP contribution < -0.4 is 5.32 Å². The molecule has 0 aromatic carbocycles. The van der Waals surface area contributed by atoms with Crippen LogP contribution in [0.1, 0.15) is 30.8 Å². The van der Waals surface area contributed by atoms with Crippen molar-refractivity contribution < 1.29 is 18.7 Å². The van der Waals surface area contributed by atoms with Gasteiger partial charge in [-0.25, -0.2) is 4.99 Å². The summed E-state index contributed by atoms with van der Waals surface area (Å²) < 4.78 is 15.3. The van der Waals surface area contributed by atoms with Gasteiger partial charge in [0.1, 0.15) is 6.61 Å². The van der Waals surface area contributed by atoms with Crippen molar-refractivity contribution in [1.82, 2.24) is 5.32 Å². The van der Waals surface area contributed by atoms with Gasteiger partial charge in [0.05, 0.1) is 18.9 Å². The number of rotatable bonds is 6. The molecule has 0 saturated carbocycles. The smallest absolute Gasteiger partial charge is 0.294 e. The topological polar surface area (TPSA) is 73.1 Å². The van der Waals surface area contributed by atoms with E-state index in [-0.39, 0.29) is 23.7 Å². The molecule has 6 nitrogen and oxygen atoms in total. The number of carbonyl (C=O) groups is 1. The normalized spacial score (nSPS) is 13.1. The number of furan rings is 1. The molecule has 0 unspecified atom stereocenters. The zero-order valence-corrected chi connectivity index (χ0v) is 11.5. The molecule has 0 bridgehead atoms. The molecule has 1 N–H and O–H groups in total. The lowest BCUT2D eigenvalue weighted by atomic mass is 10.3. The first-order chi connectivity index (χ1) is 9.17. The standard InChI is InChI=1S/C13H20N2O4/c1-4-10(2)14-13(19-9-8-17-3)15-12(16)11-6-5-7-18-11/h5-7,10H,4,8-9H2,1-3H3,(H,14,15,16)/t10-/m1/s1. The molecule has 106 valence electrons. The molecule has 0 aliphatic rings. The molecule has 1 aromatic heterocycles. The molecule has 1 atom stereocenters. The molecule has 0 aliphatic carbocycles. The van der Waals surface area contributed by atoms with Gasteiger partial charge in [0.15, 0.2) is 5.76 Å². The molecular weight excluding hydrogens is 248 g/mol. The summed E-state index contributed by atoms with van der Waals surface area (Å²) in [6.45, 7) is 4.70. The minimum atomic E-state index is -0.385. The maximum Gasteiger partial charge on any atom is 0.294 e. The molecule has 0 radical (unpaired) electrons.